The number of carbonyl (C=O) groups excluding carboxylic acids is 2. The molecule has 1 aromatic carbocycles. The molecule has 0 aliphatic carbocycles. The highest BCUT2D eigenvalue weighted by molar-refractivity contribution is 6.30. The smallest absolute Gasteiger partial charge is 0.247 e. The van der Waals surface area contributed by atoms with E-state index in [4.69, 9.17) is 11.6 Å². The maximum atomic E-state index is 11.5. The number of amides is 2. The third-order valence-corrected chi connectivity index (χ3v) is 2.48. The Morgan fingerprint density at radius 2 is 2.11 bits per heavy atom. The van der Waals surface area contributed by atoms with E-state index in [0.717, 1.165) is 5.69 Å². The molecule has 2 rings (SSSR count). The molecule has 0 unspecified atom stereocenters. The lowest BCUT2D eigenvalue weighted by Crippen LogP contribution is -2.34. The van der Waals surface area contributed by atoms with Crippen LogP contribution in [0.2, 0.25) is 5.02 Å². The molecule has 0 fully saturated rings. The zero-order valence-electron chi connectivity index (χ0n) is 9.37. The summed E-state index contributed by atoms with van der Waals surface area (Å²) >= 11 is 5.74. The van der Waals surface area contributed by atoms with E-state index in [-0.39, 0.29) is 24.8 Å². The average molecular weight is 267 g/mol. The van der Waals surface area contributed by atoms with Crippen molar-refractivity contribution in [3.8, 4) is 0 Å². The number of hydrogen-bond donors (Lipinski definition) is 3. The standard InChI is InChI=1S/C11H11ClN4O2/c12-7-1-3-8(4-2-7)13-6-11(18)14-9-5-10(17)16-15-9/h1-4,13H,5-6H2,(H,16,17)(H,14,15,18). The number of carbonyl (C=O) groups is 2. The minimum atomic E-state index is -0.264. The van der Waals surface area contributed by atoms with E-state index in [1.165, 1.54) is 0 Å². The van der Waals surface area contributed by atoms with Gasteiger partial charge in [0.05, 0.1) is 13.0 Å². The summed E-state index contributed by atoms with van der Waals surface area (Å²) in [5.74, 6) is -0.154. The van der Waals surface area contributed by atoms with Gasteiger partial charge >= 0.3 is 0 Å². The summed E-state index contributed by atoms with van der Waals surface area (Å²) in [5, 5.41) is 9.75. The van der Waals surface area contributed by atoms with Crippen LogP contribution in [0, 0.1) is 0 Å². The molecule has 0 saturated carbocycles. The molecule has 0 spiro atoms. The fourth-order valence-corrected chi connectivity index (χ4v) is 1.51. The molecular formula is C11H11ClN4O2. The van der Waals surface area contributed by atoms with Crippen molar-refractivity contribution in [2.45, 2.75) is 6.42 Å². The summed E-state index contributed by atoms with van der Waals surface area (Å²) < 4.78 is 0. The van der Waals surface area contributed by atoms with Crippen LogP contribution in [0.4, 0.5) is 5.69 Å². The van der Waals surface area contributed by atoms with Gasteiger partial charge in [-0.05, 0) is 24.3 Å². The SMILES string of the molecule is O=C1CC(NC(=O)CNc2ccc(Cl)cc2)=NN1. The zero-order valence-corrected chi connectivity index (χ0v) is 10.1. The summed E-state index contributed by atoms with van der Waals surface area (Å²) in [6, 6.07) is 7.00. The molecule has 2 amide bonds. The summed E-state index contributed by atoms with van der Waals surface area (Å²) in [7, 11) is 0. The molecule has 18 heavy (non-hydrogen) atoms. The second kappa shape index (κ2) is 5.50. The quantitative estimate of drug-likeness (QED) is 0.753. The number of nitrogens with one attached hydrogen (secondary N) is 3. The Hall–Kier alpha value is -2.08. The van der Waals surface area contributed by atoms with Gasteiger partial charge in [-0.25, -0.2) is 5.43 Å². The monoisotopic (exact) mass is 266 g/mol. The Kier molecular flexibility index (Phi) is 3.78. The van der Waals surface area contributed by atoms with Gasteiger partial charge in [0.15, 0.2) is 0 Å². The second-order valence-electron chi connectivity index (χ2n) is 3.68. The predicted molar refractivity (Wildman–Crippen MR) is 68.3 cm³/mol. The van der Waals surface area contributed by atoms with Crippen LogP contribution in [0.15, 0.2) is 29.4 Å². The van der Waals surface area contributed by atoms with E-state index < -0.39 is 0 Å². The molecule has 1 aromatic rings. The van der Waals surface area contributed by atoms with Crippen molar-refractivity contribution in [2.24, 2.45) is 5.10 Å². The van der Waals surface area contributed by atoms with Gasteiger partial charge in [-0.1, -0.05) is 11.6 Å². The van der Waals surface area contributed by atoms with E-state index in [1.807, 2.05) is 0 Å². The van der Waals surface area contributed by atoms with E-state index in [0.29, 0.717) is 10.9 Å². The lowest BCUT2D eigenvalue weighted by atomic mass is 10.3. The Balaban J connectivity index is 1.78. The van der Waals surface area contributed by atoms with Crippen LogP contribution in [0.25, 0.3) is 0 Å². The highest BCUT2D eigenvalue weighted by Gasteiger charge is 2.16. The molecule has 0 saturated heterocycles. The van der Waals surface area contributed by atoms with Crippen molar-refractivity contribution in [2.75, 3.05) is 11.9 Å². The maximum Gasteiger partial charge on any atom is 0.247 e. The molecule has 1 heterocycles. The lowest BCUT2D eigenvalue weighted by molar-refractivity contribution is -0.119. The highest BCUT2D eigenvalue weighted by Crippen LogP contribution is 2.12. The number of amidine groups is 1. The number of nitrogens with zero attached hydrogens (tertiary/aromatic N) is 1. The van der Waals surface area contributed by atoms with Gasteiger partial charge in [0.2, 0.25) is 11.8 Å². The molecule has 3 N–H and O–H groups in total. The summed E-state index contributed by atoms with van der Waals surface area (Å²) in [4.78, 5) is 22.4. The molecule has 1 aliphatic heterocycles. The highest BCUT2D eigenvalue weighted by atomic mass is 35.5. The molecule has 0 radical (unpaired) electrons. The molecule has 6 nitrogen and oxygen atoms in total. The first-order valence-corrected chi connectivity index (χ1v) is 5.66. The first-order chi connectivity index (χ1) is 8.63. The van der Waals surface area contributed by atoms with Crippen molar-refractivity contribution in [3.63, 3.8) is 0 Å². The van der Waals surface area contributed by atoms with Gasteiger partial charge in [0, 0.05) is 10.7 Å². The number of hydrogen-bond acceptors (Lipinski definition) is 4. The van der Waals surface area contributed by atoms with E-state index >= 15 is 0 Å². The second-order valence-corrected chi connectivity index (χ2v) is 4.12. The third-order valence-electron chi connectivity index (χ3n) is 2.22. The van der Waals surface area contributed by atoms with E-state index in [2.05, 4.69) is 21.2 Å². The van der Waals surface area contributed by atoms with Crippen LogP contribution in [0.1, 0.15) is 6.42 Å². The van der Waals surface area contributed by atoms with Crippen LogP contribution >= 0.6 is 11.6 Å². The molecule has 0 bridgehead atoms. The normalized spacial score (nSPS) is 13.8. The topological polar surface area (TPSA) is 82.6 Å². The zero-order chi connectivity index (χ0) is 13.0. The van der Waals surface area contributed by atoms with Gasteiger partial charge in [-0.15, -0.1) is 0 Å². The van der Waals surface area contributed by atoms with Gasteiger partial charge in [0.25, 0.3) is 0 Å². The van der Waals surface area contributed by atoms with Crippen molar-refractivity contribution in [1.29, 1.82) is 0 Å². The number of anilines is 1. The third kappa shape index (κ3) is 3.46. The molecule has 0 aromatic heterocycles. The first kappa shape index (κ1) is 12.4. The van der Waals surface area contributed by atoms with Crippen LogP contribution in [-0.2, 0) is 9.59 Å². The van der Waals surface area contributed by atoms with Crippen molar-refractivity contribution >= 4 is 34.9 Å². The Labute approximate surface area is 108 Å². The van der Waals surface area contributed by atoms with E-state index in [9.17, 15) is 9.59 Å². The molecule has 94 valence electrons. The predicted octanol–water partition coefficient (Wildman–Crippen LogP) is 0.701. The summed E-state index contributed by atoms with van der Waals surface area (Å²) in [5.41, 5.74) is 3.04. The van der Waals surface area contributed by atoms with Crippen LogP contribution in [-0.4, -0.2) is 24.2 Å². The first-order valence-electron chi connectivity index (χ1n) is 5.28. The fraction of sp³-hybridized carbons (Fsp3) is 0.182. The van der Waals surface area contributed by atoms with E-state index in [1.54, 1.807) is 24.3 Å². The molecule has 0 atom stereocenters. The summed E-state index contributed by atoms with van der Waals surface area (Å²) in [6.07, 6.45) is 0.104. The average Bonchev–Trinajstić information content (AvgIpc) is 2.74. The molecular weight excluding hydrogens is 256 g/mol. The van der Waals surface area contributed by atoms with Crippen LogP contribution < -0.4 is 16.1 Å². The van der Waals surface area contributed by atoms with Crippen molar-refractivity contribution in [1.82, 2.24) is 10.7 Å². The molecule has 1 aliphatic rings. The van der Waals surface area contributed by atoms with Gasteiger partial charge < -0.3 is 10.6 Å². The van der Waals surface area contributed by atoms with Gasteiger partial charge in [0.1, 0.15) is 5.84 Å². The Morgan fingerprint density at radius 1 is 1.39 bits per heavy atom. The number of rotatable bonds is 3. The number of benzene rings is 1. The molecule has 7 heteroatoms. The largest absolute Gasteiger partial charge is 0.376 e. The number of halogens is 1. The summed E-state index contributed by atoms with van der Waals surface area (Å²) in [6.45, 7) is 0.0921. The van der Waals surface area contributed by atoms with Crippen LogP contribution in [0.3, 0.4) is 0 Å². The lowest BCUT2D eigenvalue weighted by Gasteiger charge is -2.06. The van der Waals surface area contributed by atoms with Gasteiger partial charge in [-0.3, -0.25) is 9.59 Å². The van der Waals surface area contributed by atoms with Crippen LogP contribution in [0.5, 0.6) is 0 Å². The minimum absolute atomic E-state index is 0.0921. The Bertz CT molecular complexity index is 498. The van der Waals surface area contributed by atoms with Crippen molar-refractivity contribution in [3.05, 3.63) is 29.3 Å². The van der Waals surface area contributed by atoms with Crippen molar-refractivity contribution < 1.29 is 9.59 Å². The number of hydrazone groups is 1. The van der Waals surface area contributed by atoms with Gasteiger partial charge in [-0.2, -0.15) is 5.10 Å². The fourth-order valence-electron chi connectivity index (χ4n) is 1.39. The maximum absolute atomic E-state index is 11.5. The minimum Gasteiger partial charge on any atom is -0.376 e. The Morgan fingerprint density at radius 3 is 2.72 bits per heavy atom.